The van der Waals surface area contributed by atoms with Crippen molar-refractivity contribution in [1.82, 2.24) is 15.5 Å². The molecular weight excluding hydrogens is 281 g/mol. The molecule has 2 atom stereocenters. The minimum atomic E-state index is -0.372. The molecule has 1 aliphatic heterocycles. The van der Waals surface area contributed by atoms with Gasteiger partial charge in [-0.2, -0.15) is 4.98 Å². The minimum Gasteiger partial charge on any atom is -0.392 e. The lowest BCUT2D eigenvalue weighted by Gasteiger charge is -2.01. The predicted molar refractivity (Wildman–Crippen MR) is 71.6 cm³/mol. The molecule has 0 aliphatic carbocycles. The van der Waals surface area contributed by atoms with Gasteiger partial charge in [-0.05, 0) is 18.6 Å². The van der Waals surface area contributed by atoms with Crippen LogP contribution in [0.2, 0.25) is 0 Å². The van der Waals surface area contributed by atoms with Gasteiger partial charge in [0.15, 0.2) is 5.82 Å². The van der Waals surface area contributed by atoms with Crippen molar-refractivity contribution in [2.75, 3.05) is 6.54 Å². The van der Waals surface area contributed by atoms with E-state index in [1.165, 1.54) is 17.8 Å². The maximum Gasteiger partial charge on any atom is 0.243 e. The second-order valence-corrected chi connectivity index (χ2v) is 5.64. The van der Waals surface area contributed by atoms with Crippen LogP contribution in [0.4, 0.5) is 4.39 Å². The van der Waals surface area contributed by atoms with E-state index < -0.39 is 0 Å². The average molecular weight is 295 g/mol. The van der Waals surface area contributed by atoms with Gasteiger partial charge in [-0.25, -0.2) is 4.39 Å². The van der Waals surface area contributed by atoms with E-state index in [9.17, 15) is 9.50 Å². The molecule has 1 aromatic carbocycles. The molecule has 1 aliphatic rings. The maximum atomic E-state index is 13.5. The molecule has 0 bridgehead atoms. The Hall–Kier alpha value is -1.44. The number of β-amino-alcohol motifs (C(OH)–C–C–N with tert-alkyl or cyclic N) is 1. The zero-order valence-electron chi connectivity index (χ0n) is 10.6. The summed E-state index contributed by atoms with van der Waals surface area (Å²) in [5.74, 6) is 1.20. The molecule has 106 valence electrons. The summed E-state index contributed by atoms with van der Waals surface area (Å²) in [4.78, 5) is 4.84. The maximum absolute atomic E-state index is 13.5. The highest BCUT2D eigenvalue weighted by atomic mass is 32.2. The fourth-order valence-electron chi connectivity index (χ4n) is 2.08. The van der Waals surface area contributed by atoms with Crippen molar-refractivity contribution in [2.24, 2.45) is 0 Å². The molecule has 2 N–H and O–H groups in total. The van der Waals surface area contributed by atoms with Crippen LogP contribution in [0.25, 0.3) is 0 Å². The molecule has 3 rings (SSSR count). The lowest BCUT2D eigenvalue weighted by atomic mass is 10.2. The van der Waals surface area contributed by atoms with Crippen LogP contribution in [0, 0.1) is 5.82 Å². The normalized spacial score (nSPS) is 22.3. The Kier molecular flexibility index (Phi) is 4.00. The van der Waals surface area contributed by atoms with Crippen LogP contribution in [0.5, 0.6) is 0 Å². The van der Waals surface area contributed by atoms with Gasteiger partial charge in [0.25, 0.3) is 0 Å². The number of rotatable bonds is 4. The Morgan fingerprint density at radius 1 is 1.45 bits per heavy atom. The summed E-state index contributed by atoms with van der Waals surface area (Å²) in [6.07, 6.45) is 0.199. The number of hydrogen-bond donors (Lipinski definition) is 2. The third-order valence-electron chi connectivity index (χ3n) is 3.08. The van der Waals surface area contributed by atoms with Crippen LogP contribution in [-0.2, 0) is 5.75 Å². The molecule has 0 saturated carbocycles. The molecule has 2 heterocycles. The summed E-state index contributed by atoms with van der Waals surface area (Å²) in [7, 11) is 0. The van der Waals surface area contributed by atoms with Crippen LogP contribution in [0.3, 0.4) is 0 Å². The zero-order chi connectivity index (χ0) is 13.9. The Morgan fingerprint density at radius 2 is 2.30 bits per heavy atom. The summed E-state index contributed by atoms with van der Waals surface area (Å²) in [5, 5.41) is 16.4. The van der Waals surface area contributed by atoms with Crippen molar-refractivity contribution >= 4 is 11.8 Å². The first-order valence-corrected chi connectivity index (χ1v) is 7.32. The number of hydrogen-bond acceptors (Lipinski definition) is 6. The number of thioether (sulfide) groups is 1. The lowest BCUT2D eigenvalue weighted by Crippen LogP contribution is -2.15. The van der Waals surface area contributed by atoms with Crippen LogP contribution in [0.15, 0.2) is 33.7 Å². The van der Waals surface area contributed by atoms with Gasteiger partial charge in [-0.15, -0.1) is 11.8 Å². The van der Waals surface area contributed by atoms with Crippen molar-refractivity contribution in [3.05, 3.63) is 41.8 Å². The second kappa shape index (κ2) is 5.90. The SMILES string of the molecule is OC1CN[C@H](c2nc(CSc3ccccc3F)no2)C1. The summed E-state index contributed by atoms with van der Waals surface area (Å²) >= 11 is 1.33. The number of aromatic nitrogens is 2. The van der Waals surface area contributed by atoms with Gasteiger partial charge < -0.3 is 14.9 Å². The Morgan fingerprint density at radius 3 is 3.05 bits per heavy atom. The van der Waals surface area contributed by atoms with E-state index in [1.807, 2.05) is 0 Å². The Balaban J connectivity index is 1.62. The van der Waals surface area contributed by atoms with Crippen molar-refractivity contribution in [1.29, 1.82) is 0 Å². The third-order valence-corrected chi connectivity index (χ3v) is 4.13. The van der Waals surface area contributed by atoms with Crippen molar-refractivity contribution in [3.63, 3.8) is 0 Å². The second-order valence-electron chi connectivity index (χ2n) is 4.62. The fourth-order valence-corrected chi connectivity index (χ4v) is 2.86. The lowest BCUT2D eigenvalue weighted by molar-refractivity contribution is 0.191. The quantitative estimate of drug-likeness (QED) is 0.839. The summed E-state index contributed by atoms with van der Waals surface area (Å²) < 4.78 is 18.6. The molecule has 1 unspecified atom stereocenters. The summed E-state index contributed by atoms with van der Waals surface area (Å²) in [6.45, 7) is 0.534. The van der Waals surface area contributed by atoms with Gasteiger partial charge in [0.05, 0.1) is 17.9 Å². The number of aliphatic hydroxyl groups is 1. The highest BCUT2D eigenvalue weighted by Gasteiger charge is 2.28. The number of benzene rings is 1. The van der Waals surface area contributed by atoms with Gasteiger partial charge in [0.1, 0.15) is 5.82 Å². The Bertz CT molecular complexity index is 593. The van der Waals surface area contributed by atoms with Crippen molar-refractivity contribution < 1.29 is 14.0 Å². The van der Waals surface area contributed by atoms with Gasteiger partial charge in [-0.1, -0.05) is 17.3 Å². The fraction of sp³-hybridized carbons (Fsp3) is 0.385. The number of halogens is 1. The first-order chi connectivity index (χ1) is 9.72. The molecule has 0 radical (unpaired) electrons. The number of nitrogens with one attached hydrogen (secondary N) is 1. The third kappa shape index (κ3) is 3.00. The molecule has 0 amide bonds. The largest absolute Gasteiger partial charge is 0.392 e. The van der Waals surface area contributed by atoms with Gasteiger partial charge >= 0.3 is 0 Å². The van der Waals surface area contributed by atoms with Gasteiger partial charge in [-0.3, -0.25) is 0 Å². The van der Waals surface area contributed by atoms with E-state index in [4.69, 9.17) is 4.52 Å². The van der Waals surface area contributed by atoms with Gasteiger partial charge in [0, 0.05) is 11.4 Å². The van der Waals surface area contributed by atoms with Crippen molar-refractivity contribution in [2.45, 2.75) is 29.2 Å². The highest BCUT2D eigenvalue weighted by molar-refractivity contribution is 7.98. The first kappa shape index (κ1) is 13.5. The van der Waals surface area contributed by atoms with E-state index in [-0.39, 0.29) is 18.0 Å². The van der Waals surface area contributed by atoms with Crippen LogP contribution in [-0.4, -0.2) is 27.9 Å². The van der Waals surface area contributed by atoms with Crippen molar-refractivity contribution in [3.8, 4) is 0 Å². The number of aliphatic hydroxyl groups excluding tert-OH is 1. The molecule has 1 saturated heterocycles. The molecule has 20 heavy (non-hydrogen) atoms. The van der Waals surface area contributed by atoms with E-state index in [1.54, 1.807) is 18.2 Å². The monoisotopic (exact) mass is 295 g/mol. The van der Waals surface area contributed by atoms with Crippen LogP contribution < -0.4 is 5.32 Å². The smallest absolute Gasteiger partial charge is 0.243 e. The standard InChI is InChI=1S/C13H14FN3O2S/c14-9-3-1-2-4-11(9)20-7-12-16-13(19-17-12)10-5-8(18)6-15-10/h1-4,8,10,15,18H,5-7H2/t8?,10-/m0/s1. The first-order valence-electron chi connectivity index (χ1n) is 6.33. The van der Waals surface area contributed by atoms with Crippen LogP contribution in [0.1, 0.15) is 24.2 Å². The highest BCUT2D eigenvalue weighted by Crippen LogP contribution is 2.26. The Labute approximate surface area is 119 Å². The molecule has 7 heteroatoms. The van der Waals surface area contributed by atoms with E-state index >= 15 is 0 Å². The number of nitrogens with zero attached hydrogens (tertiary/aromatic N) is 2. The molecular formula is C13H14FN3O2S. The van der Waals surface area contributed by atoms with E-state index in [0.717, 1.165) is 0 Å². The van der Waals surface area contributed by atoms with Crippen LogP contribution >= 0.6 is 11.8 Å². The van der Waals surface area contributed by atoms with E-state index in [0.29, 0.717) is 35.3 Å². The van der Waals surface area contributed by atoms with Gasteiger partial charge in [0.2, 0.25) is 5.89 Å². The summed E-state index contributed by atoms with van der Waals surface area (Å²) in [6, 6.07) is 6.49. The predicted octanol–water partition coefficient (Wildman–Crippen LogP) is 1.90. The topological polar surface area (TPSA) is 71.2 Å². The summed E-state index contributed by atoms with van der Waals surface area (Å²) in [5.41, 5.74) is 0. The van der Waals surface area contributed by atoms with E-state index in [2.05, 4.69) is 15.5 Å². The molecule has 1 aromatic heterocycles. The molecule has 2 aromatic rings. The minimum absolute atomic E-state index is 0.0929. The molecule has 0 spiro atoms. The average Bonchev–Trinajstić information content (AvgIpc) is 3.06. The molecule has 1 fully saturated rings. The zero-order valence-corrected chi connectivity index (χ0v) is 11.4. The molecule has 5 nitrogen and oxygen atoms in total.